The number of nitro benzene ring substituents is 1. The molecule has 1 unspecified atom stereocenters. The molecule has 1 N–H and O–H groups in total. The van der Waals surface area contributed by atoms with E-state index in [1.165, 1.54) is 41.7 Å². The summed E-state index contributed by atoms with van der Waals surface area (Å²) in [4.78, 5) is 53.4. The second-order valence-electron chi connectivity index (χ2n) is 7.26. The summed E-state index contributed by atoms with van der Waals surface area (Å²) in [5.41, 5.74) is -0.642. The maximum Gasteiger partial charge on any atom is 0.332 e. The van der Waals surface area contributed by atoms with Crippen LogP contribution in [0.25, 0.3) is 11.2 Å². The van der Waals surface area contributed by atoms with Crippen molar-refractivity contribution >= 4 is 40.0 Å². The molecule has 33 heavy (non-hydrogen) atoms. The molecular weight excluding hydrogens is 452 g/mol. The van der Waals surface area contributed by atoms with Crippen LogP contribution in [-0.2, 0) is 18.9 Å². The van der Waals surface area contributed by atoms with E-state index >= 15 is 0 Å². The molecule has 0 aliphatic carbocycles. The highest BCUT2D eigenvalue weighted by atomic mass is 35.5. The van der Waals surface area contributed by atoms with Crippen molar-refractivity contribution in [2.45, 2.75) is 6.04 Å². The van der Waals surface area contributed by atoms with Gasteiger partial charge in [0, 0.05) is 25.8 Å². The Kier molecular flexibility index (Phi) is 5.56. The van der Waals surface area contributed by atoms with Gasteiger partial charge in [0.2, 0.25) is 0 Å². The third-order valence-corrected chi connectivity index (χ3v) is 5.55. The van der Waals surface area contributed by atoms with Crippen molar-refractivity contribution in [3.8, 4) is 0 Å². The molecular formula is C21H17ClN6O5. The zero-order valence-corrected chi connectivity index (χ0v) is 18.2. The summed E-state index contributed by atoms with van der Waals surface area (Å²) in [6, 6.07) is 11.5. The van der Waals surface area contributed by atoms with Gasteiger partial charge in [-0.1, -0.05) is 41.9 Å². The molecule has 0 saturated heterocycles. The van der Waals surface area contributed by atoms with Gasteiger partial charge in [0.25, 0.3) is 17.2 Å². The monoisotopic (exact) mass is 468 g/mol. The van der Waals surface area contributed by atoms with Gasteiger partial charge in [-0.25, -0.2) is 9.78 Å². The smallest absolute Gasteiger partial charge is 0.324 e. The van der Waals surface area contributed by atoms with Crippen molar-refractivity contribution in [3.63, 3.8) is 0 Å². The Hall–Kier alpha value is -4.25. The van der Waals surface area contributed by atoms with Crippen LogP contribution < -0.4 is 16.6 Å². The second-order valence-corrected chi connectivity index (χ2v) is 7.66. The minimum absolute atomic E-state index is 0.0608. The molecule has 4 rings (SSSR count). The number of nitro groups is 1. The first-order valence-electron chi connectivity index (χ1n) is 9.63. The summed E-state index contributed by atoms with van der Waals surface area (Å²) in [5, 5.41) is 13.8. The molecule has 2 heterocycles. The molecule has 1 amide bonds. The molecule has 2 aromatic heterocycles. The molecule has 0 spiro atoms. The third kappa shape index (κ3) is 3.78. The van der Waals surface area contributed by atoms with Gasteiger partial charge >= 0.3 is 5.69 Å². The number of nitrogens with zero attached hydrogens (tertiary/aromatic N) is 5. The summed E-state index contributed by atoms with van der Waals surface area (Å²) >= 11 is 5.86. The molecule has 11 nitrogen and oxygen atoms in total. The molecule has 2 aromatic carbocycles. The standard InChI is InChI=1S/C21H17ClN6O5/c1-25-18-17(20(30)26(2)21(25)31)27(11-23-18)16(12-6-4-3-5-7-12)19(29)24-13-8-9-14(22)15(10-13)28(32)33/h3-11,16H,1-2H3,(H,24,29). The number of aryl methyl sites for hydroxylation is 1. The van der Waals surface area contributed by atoms with Crippen molar-refractivity contribution in [2.24, 2.45) is 14.1 Å². The molecule has 0 bridgehead atoms. The van der Waals surface area contributed by atoms with E-state index in [1.807, 2.05) is 0 Å². The van der Waals surface area contributed by atoms with E-state index in [9.17, 15) is 24.5 Å². The van der Waals surface area contributed by atoms with Crippen LogP contribution in [0.5, 0.6) is 0 Å². The highest BCUT2D eigenvalue weighted by Crippen LogP contribution is 2.29. The highest BCUT2D eigenvalue weighted by Gasteiger charge is 2.27. The zero-order valence-electron chi connectivity index (χ0n) is 17.4. The summed E-state index contributed by atoms with van der Waals surface area (Å²) in [6.45, 7) is 0. The second kappa shape index (κ2) is 8.36. The largest absolute Gasteiger partial charge is 0.332 e. The number of nitrogens with one attached hydrogen (secondary N) is 1. The predicted octanol–water partition coefficient (Wildman–Crippen LogP) is 2.22. The van der Waals surface area contributed by atoms with E-state index in [-0.39, 0.29) is 27.6 Å². The fraction of sp³-hybridized carbons (Fsp3) is 0.143. The van der Waals surface area contributed by atoms with Gasteiger partial charge < -0.3 is 9.88 Å². The molecule has 0 radical (unpaired) electrons. The molecule has 12 heteroatoms. The van der Waals surface area contributed by atoms with Crippen LogP contribution in [0, 0.1) is 10.1 Å². The average Bonchev–Trinajstić information content (AvgIpc) is 3.23. The van der Waals surface area contributed by atoms with Gasteiger partial charge in [-0.3, -0.25) is 28.8 Å². The number of rotatable bonds is 5. The van der Waals surface area contributed by atoms with E-state index in [0.717, 1.165) is 10.6 Å². The van der Waals surface area contributed by atoms with E-state index in [1.54, 1.807) is 30.3 Å². The number of hydrogen-bond donors (Lipinski definition) is 1. The van der Waals surface area contributed by atoms with Gasteiger partial charge in [-0.2, -0.15) is 0 Å². The van der Waals surface area contributed by atoms with Crippen molar-refractivity contribution in [1.29, 1.82) is 0 Å². The zero-order chi connectivity index (χ0) is 23.9. The van der Waals surface area contributed by atoms with Crippen LogP contribution in [0.3, 0.4) is 0 Å². The lowest BCUT2D eigenvalue weighted by atomic mass is 10.1. The minimum Gasteiger partial charge on any atom is -0.324 e. The Morgan fingerprint density at radius 3 is 2.48 bits per heavy atom. The maximum atomic E-state index is 13.4. The Labute approximate surface area is 190 Å². The number of hydrogen-bond acceptors (Lipinski definition) is 6. The summed E-state index contributed by atoms with van der Waals surface area (Å²) in [6.07, 6.45) is 1.31. The first kappa shape index (κ1) is 22.0. The predicted molar refractivity (Wildman–Crippen MR) is 122 cm³/mol. The number of fused-ring (bicyclic) bond motifs is 1. The van der Waals surface area contributed by atoms with E-state index < -0.39 is 28.1 Å². The Morgan fingerprint density at radius 2 is 1.82 bits per heavy atom. The molecule has 0 aliphatic heterocycles. The van der Waals surface area contributed by atoms with Gasteiger partial charge in [0.15, 0.2) is 11.2 Å². The van der Waals surface area contributed by atoms with Crippen LogP contribution in [-0.4, -0.2) is 29.5 Å². The van der Waals surface area contributed by atoms with E-state index in [0.29, 0.717) is 5.56 Å². The number of carbonyl (C=O) groups excluding carboxylic acids is 1. The SMILES string of the molecule is Cn1c(=O)c2c(ncn2C(C(=O)Nc2ccc(Cl)c([N+](=O)[O-])c2)c2ccccc2)n(C)c1=O. The third-order valence-electron chi connectivity index (χ3n) is 5.23. The topological polar surface area (TPSA) is 134 Å². The van der Waals surface area contributed by atoms with Crippen molar-refractivity contribution in [2.75, 3.05) is 5.32 Å². The number of carbonyl (C=O) groups is 1. The van der Waals surface area contributed by atoms with Crippen LogP contribution in [0.4, 0.5) is 11.4 Å². The number of aromatic nitrogens is 4. The summed E-state index contributed by atoms with van der Waals surface area (Å²) in [7, 11) is 2.82. The normalized spacial score (nSPS) is 12.0. The lowest BCUT2D eigenvalue weighted by Gasteiger charge is -2.19. The van der Waals surface area contributed by atoms with Crippen molar-refractivity contribution < 1.29 is 9.72 Å². The summed E-state index contributed by atoms with van der Waals surface area (Å²) in [5.74, 6) is -0.576. The van der Waals surface area contributed by atoms with Gasteiger partial charge in [0.1, 0.15) is 11.1 Å². The first-order chi connectivity index (χ1) is 15.7. The van der Waals surface area contributed by atoms with Crippen LogP contribution in [0.1, 0.15) is 11.6 Å². The highest BCUT2D eigenvalue weighted by molar-refractivity contribution is 6.32. The molecule has 168 valence electrons. The number of anilines is 1. The fourth-order valence-electron chi connectivity index (χ4n) is 3.57. The fourth-order valence-corrected chi connectivity index (χ4v) is 3.76. The van der Waals surface area contributed by atoms with Crippen molar-refractivity contribution in [1.82, 2.24) is 18.7 Å². The van der Waals surface area contributed by atoms with Gasteiger partial charge in [-0.15, -0.1) is 0 Å². The van der Waals surface area contributed by atoms with Crippen LogP contribution in [0.2, 0.25) is 5.02 Å². The average molecular weight is 469 g/mol. The van der Waals surface area contributed by atoms with Gasteiger partial charge in [0.05, 0.1) is 11.3 Å². The molecule has 1 atom stereocenters. The maximum absolute atomic E-state index is 13.4. The van der Waals surface area contributed by atoms with E-state index in [2.05, 4.69) is 10.3 Å². The van der Waals surface area contributed by atoms with E-state index in [4.69, 9.17) is 11.6 Å². The Bertz CT molecular complexity index is 1520. The number of halogens is 1. The molecule has 0 saturated carbocycles. The molecule has 4 aromatic rings. The van der Waals surface area contributed by atoms with Crippen LogP contribution in [0.15, 0.2) is 64.4 Å². The minimum atomic E-state index is -1.06. The molecule has 0 fully saturated rings. The number of imidazole rings is 1. The van der Waals surface area contributed by atoms with Gasteiger partial charge in [-0.05, 0) is 17.7 Å². The lowest BCUT2D eigenvalue weighted by molar-refractivity contribution is -0.384. The Balaban J connectivity index is 1.87. The van der Waals surface area contributed by atoms with Crippen molar-refractivity contribution in [3.05, 3.63) is 96.4 Å². The quantitative estimate of drug-likeness (QED) is 0.352. The Morgan fingerprint density at radius 1 is 1.12 bits per heavy atom. The first-order valence-corrected chi connectivity index (χ1v) is 10.0. The number of amides is 1. The number of benzene rings is 2. The summed E-state index contributed by atoms with van der Waals surface area (Å²) < 4.78 is 3.53. The van der Waals surface area contributed by atoms with Crippen LogP contribution >= 0.6 is 11.6 Å². The lowest BCUT2D eigenvalue weighted by Crippen LogP contribution is -2.38. The molecule has 0 aliphatic rings.